The van der Waals surface area contributed by atoms with Crippen LogP contribution in [0.4, 0.5) is 0 Å². The van der Waals surface area contributed by atoms with Crippen LogP contribution in [0.5, 0.6) is 0 Å². The van der Waals surface area contributed by atoms with Gasteiger partial charge in [0.15, 0.2) is 5.03 Å². The van der Waals surface area contributed by atoms with E-state index in [4.69, 9.17) is 0 Å². The van der Waals surface area contributed by atoms with Crippen molar-refractivity contribution in [1.29, 1.82) is 0 Å². The van der Waals surface area contributed by atoms with Crippen LogP contribution in [-0.4, -0.2) is 60.1 Å². The monoisotopic (exact) mass is 400 g/mol. The van der Waals surface area contributed by atoms with E-state index in [1.807, 2.05) is 20.9 Å². The van der Waals surface area contributed by atoms with Crippen LogP contribution in [-0.2, 0) is 17.1 Å². The van der Waals surface area contributed by atoms with E-state index in [1.165, 1.54) is 24.3 Å². The van der Waals surface area contributed by atoms with Crippen molar-refractivity contribution in [3.8, 4) is 0 Å². The van der Waals surface area contributed by atoms with Gasteiger partial charge in [-0.15, -0.1) is 0 Å². The summed E-state index contributed by atoms with van der Waals surface area (Å²) in [6.45, 7) is 6.76. The summed E-state index contributed by atoms with van der Waals surface area (Å²) in [6, 6.07) is 0.747. The normalized spacial score (nSPS) is 21.5. The topological polar surface area (TPSA) is 67.2 Å². The Kier molecular flexibility index (Phi) is 6.69. The molecule has 6 nitrogen and oxygen atoms in total. The Labute approximate surface area is 162 Å². The SMILES string of the molecule is CC(C)c1nc(S(=O)(=O)NCC2CCN(C3CCSCC3)CC2)cn1C. The number of aryl methyl sites for hydroxylation is 1. The maximum Gasteiger partial charge on any atom is 0.259 e. The van der Waals surface area contributed by atoms with Crippen LogP contribution in [0.2, 0.25) is 0 Å². The summed E-state index contributed by atoms with van der Waals surface area (Å²) in [6.07, 6.45) is 6.37. The molecule has 3 rings (SSSR count). The number of imidazole rings is 1. The van der Waals surface area contributed by atoms with Crippen molar-refractivity contribution in [3.63, 3.8) is 0 Å². The number of nitrogens with one attached hydrogen (secondary N) is 1. The fraction of sp³-hybridized carbons (Fsp3) is 0.833. The molecule has 2 aliphatic rings. The molecule has 0 unspecified atom stereocenters. The Balaban J connectivity index is 1.50. The zero-order valence-electron chi connectivity index (χ0n) is 16.1. The van der Waals surface area contributed by atoms with Gasteiger partial charge in [0.05, 0.1) is 0 Å². The number of aromatic nitrogens is 2. The summed E-state index contributed by atoms with van der Waals surface area (Å²) in [4.78, 5) is 6.94. The van der Waals surface area contributed by atoms with Gasteiger partial charge < -0.3 is 9.47 Å². The summed E-state index contributed by atoms with van der Waals surface area (Å²) in [7, 11) is -1.68. The first-order valence-electron chi connectivity index (χ1n) is 9.71. The fourth-order valence-corrected chi connectivity index (χ4v) is 6.19. The number of nitrogens with zero attached hydrogens (tertiary/aromatic N) is 3. The predicted molar refractivity (Wildman–Crippen MR) is 107 cm³/mol. The van der Waals surface area contributed by atoms with E-state index >= 15 is 0 Å². The van der Waals surface area contributed by atoms with Gasteiger partial charge >= 0.3 is 0 Å². The highest BCUT2D eigenvalue weighted by molar-refractivity contribution is 7.99. The molecule has 1 aromatic heterocycles. The highest BCUT2D eigenvalue weighted by Crippen LogP contribution is 2.26. The van der Waals surface area contributed by atoms with E-state index in [9.17, 15) is 8.42 Å². The van der Waals surface area contributed by atoms with Crippen molar-refractivity contribution in [2.24, 2.45) is 13.0 Å². The van der Waals surface area contributed by atoms with Gasteiger partial charge in [-0.2, -0.15) is 11.8 Å². The number of piperidine rings is 1. The van der Waals surface area contributed by atoms with E-state index < -0.39 is 10.0 Å². The van der Waals surface area contributed by atoms with Crippen LogP contribution in [0.3, 0.4) is 0 Å². The minimum absolute atomic E-state index is 0.140. The fourth-order valence-electron chi connectivity index (χ4n) is 3.99. The van der Waals surface area contributed by atoms with Gasteiger partial charge in [-0.3, -0.25) is 0 Å². The van der Waals surface area contributed by atoms with Gasteiger partial charge in [-0.25, -0.2) is 18.1 Å². The second-order valence-electron chi connectivity index (χ2n) is 7.88. The van der Waals surface area contributed by atoms with Gasteiger partial charge in [-0.05, 0) is 56.2 Å². The van der Waals surface area contributed by atoms with Crippen LogP contribution in [0, 0.1) is 5.92 Å². The van der Waals surface area contributed by atoms with Crippen molar-refractivity contribution in [3.05, 3.63) is 12.0 Å². The van der Waals surface area contributed by atoms with E-state index in [0.29, 0.717) is 12.5 Å². The van der Waals surface area contributed by atoms with Crippen LogP contribution in [0.1, 0.15) is 51.3 Å². The Bertz CT molecular complexity index is 688. The molecule has 148 valence electrons. The zero-order chi connectivity index (χ0) is 18.7. The molecule has 0 bridgehead atoms. The smallest absolute Gasteiger partial charge is 0.259 e. The summed E-state index contributed by atoms with van der Waals surface area (Å²) in [5.41, 5.74) is 0. The molecule has 0 radical (unpaired) electrons. The maximum absolute atomic E-state index is 12.6. The number of rotatable bonds is 6. The van der Waals surface area contributed by atoms with E-state index in [0.717, 1.165) is 37.8 Å². The Morgan fingerprint density at radius 2 is 1.88 bits per heavy atom. The molecule has 2 fully saturated rings. The Hall–Kier alpha value is -0.570. The molecule has 3 heterocycles. The van der Waals surface area contributed by atoms with Crippen LogP contribution >= 0.6 is 11.8 Å². The molecule has 0 aromatic carbocycles. The first kappa shape index (κ1) is 20.2. The summed E-state index contributed by atoms with van der Waals surface area (Å²) in [5.74, 6) is 3.99. The van der Waals surface area contributed by atoms with Gasteiger partial charge in [0.1, 0.15) is 5.82 Å². The second-order valence-corrected chi connectivity index (χ2v) is 10.8. The van der Waals surface area contributed by atoms with Gasteiger partial charge in [-0.1, -0.05) is 13.8 Å². The average Bonchev–Trinajstić information content (AvgIpc) is 3.04. The lowest BCUT2D eigenvalue weighted by molar-refractivity contribution is 0.127. The highest BCUT2D eigenvalue weighted by atomic mass is 32.2. The molecule has 2 aliphatic heterocycles. The molecular weight excluding hydrogens is 368 g/mol. The Morgan fingerprint density at radius 3 is 2.46 bits per heavy atom. The van der Waals surface area contributed by atoms with Crippen molar-refractivity contribution >= 4 is 21.8 Å². The third-order valence-corrected chi connectivity index (χ3v) is 7.94. The quantitative estimate of drug-likeness (QED) is 0.794. The molecule has 0 atom stereocenters. The van der Waals surface area contributed by atoms with E-state index in [2.05, 4.69) is 26.4 Å². The van der Waals surface area contributed by atoms with Crippen LogP contribution < -0.4 is 4.72 Å². The standard InChI is InChI=1S/C18H32N4O2S2/c1-14(2)18-20-17(13-21(18)3)26(23,24)19-12-15-4-8-22(9-5-15)16-6-10-25-11-7-16/h13-16,19H,4-12H2,1-3H3. The second kappa shape index (κ2) is 8.63. The van der Waals surface area contributed by atoms with E-state index in [1.54, 1.807) is 10.8 Å². The average molecular weight is 401 g/mol. The molecule has 1 aromatic rings. The summed E-state index contributed by atoms with van der Waals surface area (Å²) in [5, 5.41) is 0.140. The third kappa shape index (κ3) is 4.82. The highest BCUT2D eigenvalue weighted by Gasteiger charge is 2.28. The van der Waals surface area contributed by atoms with Gasteiger partial charge in [0, 0.05) is 31.7 Å². The molecule has 0 amide bonds. The van der Waals surface area contributed by atoms with Crippen molar-refractivity contribution in [2.75, 3.05) is 31.1 Å². The minimum Gasteiger partial charge on any atom is -0.336 e. The van der Waals surface area contributed by atoms with Crippen molar-refractivity contribution in [2.45, 2.75) is 56.5 Å². The molecule has 26 heavy (non-hydrogen) atoms. The first-order valence-corrected chi connectivity index (χ1v) is 12.4. The molecule has 8 heteroatoms. The molecular formula is C18H32N4O2S2. The molecule has 2 saturated heterocycles. The molecule has 1 N–H and O–H groups in total. The van der Waals surface area contributed by atoms with Gasteiger partial charge in [0.25, 0.3) is 10.0 Å². The van der Waals surface area contributed by atoms with Crippen molar-refractivity contribution in [1.82, 2.24) is 19.2 Å². The zero-order valence-corrected chi connectivity index (χ0v) is 17.8. The van der Waals surface area contributed by atoms with Crippen LogP contribution in [0.25, 0.3) is 0 Å². The Morgan fingerprint density at radius 1 is 1.23 bits per heavy atom. The van der Waals surface area contributed by atoms with E-state index in [-0.39, 0.29) is 10.9 Å². The van der Waals surface area contributed by atoms with Crippen molar-refractivity contribution < 1.29 is 8.42 Å². The number of hydrogen-bond acceptors (Lipinski definition) is 5. The summed E-state index contributed by atoms with van der Waals surface area (Å²) >= 11 is 2.07. The lowest BCUT2D eigenvalue weighted by Gasteiger charge is -2.39. The molecule has 0 spiro atoms. The molecule has 0 saturated carbocycles. The minimum atomic E-state index is -3.53. The lowest BCUT2D eigenvalue weighted by atomic mass is 9.95. The first-order chi connectivity index (χ1) is 12.4. The van der Waals surface area contributed by atoms with Gasteiger partial charge in [0.2, 0.25) is 0 Å². The third-order valence-electron chi connectivity index (χ3n) is 5.60. The molecule has 0 aliphatic carbocycles. The number of hydrogen-bond donors (Lipinski definition) is 1. The number of sulfonamides is 1. The maximum atomic E-state index is 12.6. The lowest BCUT2D eigenvalue weighted by Crippen LogP contribution is -2.45. The largest absolute Gasteiger partial charge is 0.336 e. The van der Waals surface area contributed by atoms with Crippen LogP contribution in [0.15, 0.2) is 11.2 Å². The number of thioether (sulfide) groups is 1. The number of likely N-dealkylation sites (tertiary alicyclic amines) is 1. The predicted octanol–water partition coefficient (Wildman–Crippen LogP) is 2.43. The summed E-state index contributed by atoms with van der Waals surface area (Å²) < 4.78 is 29.7.